The first-order chi connectivity index (χ1) is 14.8. The predicted molar refractivity (Wildman–Crippen MR) is 126 cm³/mol. The predicted octanol–water partition coefficient (Wildman–Crippen LogP) is 7.29. The molecule has 0 saturated carbocycles. The van der Waals surface area contributed by atoms with Crippen molar-refractivity contribution in [3.8, 4) is 45.2 Å². The maximum atomic E-state index is 10.2. The molecular formula is C27H21NOS. The van der Waals surface area contributed by atoms with Crippen molar-refractivity contribution < 1.29 is 4.74 Å². The van der Waals surface area contributed by atoms with Crippen LogP contribution in [0.4, 0.5) is 0 Å². The van der Waals surface area contributed by atoms with Gasteiger partial charge >= 0.3 is 0 Å². The van der Waals surface area contributed by atoms with Gasteiger partial charge in [0.25, 0.3) is 0 Å². The molecule has 30 heavy (non-hydrogen) atoms. The van der Waals surface area contributed by atoms with Gasteiger partial charge in [-0.05, 0) is 22.9 Å². The molecule has 4 aromatic rings. The zero-order chi connectivity index (χ0) is 20.9. The largest absolute Gasteiger partial charge is 0.495 e. The van der Waals surface area contributed by atoms with Crippen molar-refractivity contribution in [2.45, 2.75) is 4.90 Å². The minimum absolute atomic E-state index is 0.643. The lowest BCUT2D eigenvalue weighted by molar-refractivity contribution is 0.418. The third-order valence-corrected chi connectivity index (χ3v) is 5.93. The fraction of sp³-hybridized carbons (Fsp3) is 0.0741. The number of nitriles is 1. The number of ether oxygens (including phenoxy) is 1. The molecule has 0 saturated heterocycles. The summed E-state index contributed by atoms with van der Waals surface area (Å²) >= 11 is 1.60. The second-order valence-electron chi connectivity index (χ2n) is 6.78. The van der Waals surface area contributed by atoms with Crippen molar-refractivity contribution in [3.05, 3.63) is 96.6 Å². The van der Waals surface area contributed by atoms with Gasteiger partial charge in [-0.3, -0.25) is 0 Å². The molecule has 0 unspecified atom stereocenters. The van der Waals surface area contributed by atoms with Gasteiger partial charge in [0, 0.05) is 21.6 Å². The van der Waals surface area contributed by atoms with E-state index in [4.69, 9.17) is 4.74 Å². The molecule has 0 fully saturated rings. The molecule has 0 radical (unpaired) electrons. The summed E-state index contributed by atoms with van der Waals surface area (Å²) in [6, 6.07) is 33.0. The maximum absolute atomic E-state index is 10.2. The number of thioether (sulfide) groups is 1. The van der Waals surface area contributed by atoms with Crippen LogP contribution in [0.5, 0.6) is 5.75 Å². The maximum Gasteiger partial charge on any atom is 0.136 e. The molecule has 0 amide bonds. The first-order valence-electron chi connectivity index (χ1n) is 9.68. The minimum atomic E-state index is 0.643. The smallest absolute Gasteiger partial charge is 0.136 e. The third-order valence-electron chi connectivity index (χ3n) is 5.12. The van der Waals surface area contributed by atoms with Crippen LogP contribution >= 0.6 is 11.8 Å². The molecule has 0 aliphatic heterocycles. The Balaban J connectivity index is 2.23. The van der Waals surface area contributed by atoms with Gasteiger partial charge in [-0.2, -0.15) is 5.26 Å². The van der Waals surface area contributed by atoms with Crippen molar-refractivity contribution in [1.82, 2.24) is 0 Å². The second kappa shape index (κ2) is 8.90. The Morgan fingerprint density at radius 1 is 0.667 bits per heavy atom. The Morgan fingerprint density at radius 2 is 1.10 bits per heavy atom. The van der Waals surface area contributed by atoms with Crippen LogP contribution in [0.15, 0.2) is 95.9 Å². The zero-order valence-corrected chi connectivity index (χ0v) is 17.7. The summed E-state index contributed by atoms with van der Waals surface area (Å²) in [4.78, 5) is 0.960. The summed E-state index contributed by atoms with van der Waals surface area (Å²) in [6.45, 7) is 0. The highest BCUT2D eigenvalue weighted by atomic mass is 32.2. The highest BCUT2D eigenvalue weighted by molar-refractivity contribution is 7.98. The number of hydrogen-bond acceptors (Lipinski definition) is 3. The van der Waals surface area contributed by atoms with Crippen molar-refractivity contribution in [3.63, 3.8) is 0 Å². The van der Waals surface area contributed by atoms with Crippen LogP contribution in [0, 0.1) is 11.3 Å². The molecule has 4 aromatic carbocycles. The number of benzene rings is 4. The van der Waals surface area contributed by atoms with Crippen LogP contribution in [0.2, 0.25) is 0 Å². The van der Waals surface area contributed by atoms with E-state index in [-0.39, 0.29) is 0 Å². The van der Waals surface area contributed by atoms with Crippen LogP contribution in [-0.2, 0) is 0 Å². The lowest BCUT2D eigenvalue weighted by atomic mass is 9.86. The van der Waals surface area contributed by atoms with E-state index in [1.54, 1.807) is 18.9 Å². The molecule has 4 rings (SSSR count). The Hall–Kier alpha value is -3.48. The highest BCUT2D eigenvalue weighted by Gasteiger charge is 2.27. The standard InChI is InChI=1S/C27H21NOS/c1-29-26-23(19-12-6-3-7-13-19)22(18-28)27(30-2)25(21-16-10-5-11-17-21)24(26)20-14-8-4-9-15-20/h3-17H,1-2H3. The normalized spacial score (nSPS) is 10.4. The van der Waals surface area contributed by atoms with Crippen molar-refractivity contribution in [2.75, 3.05) is 13.4 Å². The Bertz CT molecular complexity index is 1200. The summed E-state index contributed by atoms with van der Waals surface area (Å²) in [5.41, 5.74) is 6.61. The molecule has 0 spiro atoms. The van der Waals surface area contributed by atoms with Gasteiger partial charge < -0.3 is 4.74 Å². The fourth-order valence-corrected chi connectivity index (χ4v) is 4.64. The van der Waals surface area contributed by atoms with Gasteiger partial charge in [-0.15, -0.1) is 11.8 Å². The molecule has 0 aliphatic carbocycles. The molecule has 146 valence electrons. The number of hydrogen-bond donors (Lipinski definition) is 0. The molecule has 2 nitrogen and oxygen atoms in total. The lowest BCUT2D eigenvalue weighted by Crippen LogP contribution is -2.01. The molecule has 0 N–H and O–H groups in total. The Morgan fingerprint density at radius 3 is 1.50 bits per heavy atom. The van der Waals surface area contributed by atoms with Crippen LogP contribution in [0.3, 0.4) is 0 Å². The summed E-state index contributed by atoms with van der Waals surface area (Å²) < 4.78 is 6.03. The zero-order valence-electron chi connectivity index (χ0n) is 16.9. The molecule has 3 heteroatoms. The minimum Gasteiger partial charge on any atom is -0.495 e. The van der Waals surface area contributed by atoms with E-state index < -0.39 is 0 Å². The molecule has 0 bridgehead atoms. The number of rotatable bonds is 5. The van der Waals surface area contributed by atoms with E-state index in [0.717, 1.165) is 44.0 Å². The highest BCUT2D eigenvalue weighted by Crippen LogP contribution is 2.51. The van der Waals surface area contributed by atoms with Gasteiger partial charge in [-0.25, -0.2) is 0 Å². The van der Waals surface area contributed by atoms with E-state index in [2.05, 4.69) is 30.3 Å². The van der Waals surface area contributed by atoms with Crippen LogP contribution < -0.4 is 4.74 Å². The summed E-state index contributed by atoms with van der Waals surface area (Å²) in [5.74, 6) is 0.723. The van der Waals surface area contributed by atoms with E-state index in [9.17, 15) is 5.26 Å². The molecular weight excluding hydrogens is 386 g/mol. The van der Waals surface area contributed by atoms with E-state index >= 15 is 0 Å². The Kier molecular flexibility index (Phi) is 5.88. The SMILES string of the molecule is COc1c(-c2ccccc2)c(C#N)c(SC)c(-c2ccccc2)c1-c1ccccc1. The number of nitrogens with zero attached hydrogens (tertiary/aromatic N) is 1. The fourth-order valence-electron chi connectivity index (χ4n) is 3.86. The second-order valence-corrected chi connectivity index (χ2v) is 7.59. The van der Waals surface area contributed by atoms with Gasteiger partial charge in [-0.1, -0.05) is 91.0 Å². The average Bonchev–Trinajstić information content (AvgIpc) is 2.83. The third kappa shape index (κ3) is 3.47. The lowest BCUT2D eigenvalue weighted by Gasteiger charge is -2.23. The average molecular weight is 408 g/mol. The molecule has 0 heterocycles. The Labute approximate surface area is 181 Å². The van der Waals surface area contributed by atoms with Gasteiger partial charge in [0.1, 0.15) is 11.8 Å². The van der Waals surface area contributed by atoms with E-state index in [1.165, 1.54) is 0 Å². The summed E-state index contributed by atoms with van der Waals surface area (Å²) in [7, 11) is 1.68. The first-order valence-corrected chi connectivity index (χ1v) is 10.9. The van der Waals surface area contributed by atoms with E-state index in [0.29, 0.717) is 5.56 Å². The van der Waals surface area contributed by atoms with Gasteiger partial charge in [0.15, 0.2) is 0 Å². The van der Waals surface area contributed by atoms with Gasteiger partial charge in [0.05, 0.1) is 12.7 Å². The first kappa shape index (κ1) is 19.8. The van der Waals surface area contributed by atoms with Crippen LogP contribution in [0.1, 0.15) is 5.56 Å². The molecule has 0 aromatic heterocycles. The number of methoxy groups -OCH3 is 1. The topological polar surface area (TPSA) is 33.0 Å². The summed E-state index contributed by atoms with van der Waals surface area (Å²) in [5, 5.41) is 10.2. The molecule has 0 atom stereocenters. The summed E-state index contributed by atoms with van der Waals surface area (Å²) in [6.07, 6.45) is 2.03. The molecule has 0 aliphatic rings. The quantitative estimate of drug-likeness (QED) is 0.326. The van der Waals surface area contributed by atoms with Crippen LogP contribution in [-0.4, -0.2) is 13.4 Å². The van der Waals surface area contributed by atoms with Gasteiger partial charge in [0.2, 0.25) is 0 Å². The van der Waals surface area contributed by atoms with Crippen molar-refractivity contribution in [1.29, 1.82) is 5.26 Å². The monoisotopic (exact) mass is 407 g/mol. The van der Waals surface area contributed by atoms with E-state index in [1.807, 2.05) is 73.0 Å². The van der Waals surface area contributed by atoms with Crippen LogP contribution in [0.25, 0.3) is 33.4 Å². The van der Waals surface area contributed by atoms with Crippen molar-refractivity contribution in [2.24, 2.45) is 0 Å². The van der Waals surface area contributed by atoms with Crippen molar-refractivity contribution >= 4 is 11.8 Å².